The number of rotatable bonds is 5. The molecule has 0 radical (unpaired) electrons. The van der Waals surface area contributed by atoms with Crippen molar-refractivity contribution in [3.05, 3.63) is 11.8 Å². The number of alkyl halides is 1. The van der Waals surface area contributed by atoms with E-state index in [1.807, 2.05) is 10.7 Å². The minimum Gasteiger partial charge on any atom is -0.390 e. The number of anilines is 1. The van der Waals surface area contributed by atoms with E-state index >= 15 is 0 Å². The molecule has 0 spiro atoms. The van der Waals surface area contributed by atoms with Crippen LogP contribution in [0.5, 0.6) is 0 Å². The van der Waals surface area contributed by atoms with Crippen LogP contribution in [-0.2, 0) is 5.54 Å². The zero-order chi connectivity index (χ0) is 16.5. The van der Waals surface area contributed by atoms with Crippen LogP contribution in [0.3, 0.4) is 0 Å². The highest BCUT2D eigenvalue weighted by Gasteiger charge is 2.36. The number of nitrogens with one attached hydrogen (secondary N) is 1. The van der Waals surface area contributed by atoms with Crippen molar-refractivity contribution in [2.24, 2.45) is 0 Å². The highest BCUT2D eigenvalue weighted by Crippen LogP contribution is 2.37. The Morgan fingerprint density at radius 2 is 2.00 bits per heavy atom. The van der Waals surface area contributed by atoms with E-state index in [9.17, 15) is 9.50 Å². The first-order chi connectivity index (χ1) is 10.3. The van der Waals surface area contributed by atoms with Crippen LogP contribution in [0.1, 0.15) is 71.9 Å². The summed E-state index contributed by atoms with van der Waals surface area (Å²) in [5.74, 6) is 1.00. The quantitative estimate of drug-likeness (QED) is 0.869. The highest BCUT2D eigenvalue weighted by molar-refractivity contribution is 5.40. The summed E-state index contributed by atoms with van der Waals surface area (Å²) in [4.78, 5) is 0. The lowest BCUT2D eigenvalue weighted by molar-refractivity contribution is 0.103. The molecule has 3 atom stereocenters. The van der Waals surface area contributed by atoms with Gasteiger partial charge in [0.1, 0.15) is 12.0 Å². The van der Waals surface area contributed by atoms with Gasteiger partial charge in [0.05, 0.1) is 17.3 Å². The summed E-state index contributed by atoms with van der Waals surface area (Å²) in [6.07, 6.45) is 0.964. The lowest BCUT2D eigenvalue weighted by atomic mass is 10.0. The maximum Gasteiger partial charge on any atom is 0.127 e. The van der Waals surface area contributed by atoms with Gasteiger partial charge in [-0.25, -0.2) is 9.07 Å². The monoisotopic (exact) mass is 311 g/mol. The van der Waals surface area contributed by atoms with E-state index in [0.717, 1.165) is 24.4 Å². The molecule has 4 nitrogen and oxygen atoms in total. The first-order valence-electron chi connectivity index (χ1n) is 8.45. The van der Waals surface area contributed by atoms with Gasteiger partial charge in [-0.3, -0.25) is 0 Å². The summed E-state index contributed by atoms with van der Waals surface area (Å²) in [6.45, 7) is 10.7. The summed E-state index contributed by atoms with van der Waals surface area (Å²) >= 11 is 0. The van der Waals surface area contributed by atoms with Crippen LogP contribution >= 0.6 is 0 Å². The van der Waals surface area contributed by atoms with Crippen LogP contribution in [0.25, 0.3) is 0 Å². The molecule has 0 saturated heterocycles. The Bertz CT molecular complexity index is 481. The number of aliphatic hydroxyl groups is 1. The van der Waals surface area contributed by atoms with Crippen LogP contribution in [0, 0.1) is 0 Å². The average Bonchev–Trinajstić information content (AvgIpc) is 3.00. The van der Waals surface area contributed by atoms with Gasteiger partial charge in [0.15, 0.2) is 0 Å². The van der Waals surface area contributed by atoms with Gasteiger partial charge in [0.2, 0.25) is 0 Å². The molecular formula is C17H30FN3O. The summed E-state index contributed by atoms with van der Waals surface area (Å²) < 4.78 is 15.6. The van der Waals surface area contributed by atoms with Crippen LogP contribution in [-0.4, -0.2) is 33.2 Å². The Balaban J connectivity index is 2.28. The second-order valence-electron chi connectivity index (χ2n) is 7.45. The number of hydrogen-bond acceptors (Lipinski definition) is 3. The van der Waals surface area contributed by atoms with E-state index in [-0.39, 0.29) is 11.5 Å². The number of nitrogens with zero attached hydrogens (tertiary/aromatic N) is 2. The lowest BCUT2D eigenvalue weighted by Gasteiger charge is -2.25. The molecule has 1 saturated carbocycles. The molecule has 0 aromatic carbocycles. The molecule has 0 amide bonds. The molecule has 0 bridgehead atoms. The van der Waals surface area contributed by atoms with E-state index in [1.165, 1.54) is 0 Å². The molecule has 1 aromatic heterocycles. The molecular weight excluding hydrogens is 281 g/mol. The normalized spacial score (nSPS) is 25.9. The van der Waals surface area contributed by atoms with Crippen molar-refractivity contribution in [3.63, 3.8) is 0 Å². The van der Waals surface area contributed by atoms with Crippen LogP contribution in [0.4, 0.5) is 10.2 Å². The van der Waals surface area contributed by atoms with Gasteiger partial charge in [-0.05, 0) is 46.5 Å². The average molecular weight is 311 g/mol. The second kappa shape index (κ2) is 6.57. The van der Waals surface area contributed by atoms with E-state index in [1.54, 1.807) is 0 Å². The fourth-order valence-electron chi connectivity index (χ4n) is 3.12. The predicted molar refractivity (Wildman–Crippen MR) is 88.1 cm³/mol. The van der Waals surface area contributed by atoms with Crippen molar-refractivity contribution in [1.29, 1.82) is 0 Å². The summed E-state index contributed by atoms with van der Waals surface area (Å²) in [5.41, 5.74) is 0.751. The number of aliphatic hydroxyl groups excluding tert-OH is 1. The summed E-state index contributed by atoms with van der Waals surface area (Å²) in [5, 5.41) is 18.0. The Hall–Kier alpha value is -1.10. The van der Waals surface area contributed by atoms with Gasteiger partial charge < -0.3 is 10.4 Å². The predicted octanol–water partition coefficient (Wildman–Crippen LogP) is 3.82. The Morgan fingerprint density at radius 3 is 2.45 bits per heavy atom. The van der Waals surface area contributed by atoms with Gasteiger partial charge in [0, 0.05) is 18.0 Å². The second-order valence-corrected chi connectivity index (χ2v) is 7.45. The molecule has 1 fully saturated rings. The number of halogens is 1. The van der Waals surface area contributed by atoms with Gasteiger partial charge in [-0.2, -0.15) is 5.10 Å². The van der Waals surface area contributed by atoms with Gasteiger partial charge >= 0.3 is 0 Å². The molecule has 1 unspecified atom stereocenters. The van der Waals surface area contributed by atoms with E-state index in [0.29, 0.717) is 18.9 Å². The van der Waals surface area contributed by atoms with Gasteiger partial charge in [0.25, 0.3) is 0 Å². The van der Waals surface area contributed by atoms with Crippen molar-refractivity contribution in [1.82, 2.24) is 9.78 Å². The number of aromatic nitrogens is 2. The molecule has 0 aliphatic heterocycles. The van der Waals surface area contributed by atoms with Crippen molar-refractivity contribution in [2.75, 3.05) is 5.32 Å². The zero-order valence-corrected chi connectivity index (χ0v) is 14.4. The fraction of sp³-hybridized carbons (Fsp3) is 0.824. The molecule has 1 aliphatic rings. The van der Waals surface area contributed by atoms with E-state index < -0.39 is 12.3 Å². The van der Waals surface area contributed by atoms with E-state index in [2.05, 4.69) is 39.9 Å². The van der Waals surface area contributed by atoms with Crippen molar-refractivity contribution in [2.45, 2.75) is 90.1 Å². The number of hydrogen-bond donors (Lipinski definition) is 2. The largest absolute Gasteiger partial charge is 0.390 e. The van der Waals surface area contributed by atoms with Crippen molar-refractivity contribution >= 4 is 5.82 Å². The molecule has 126 valence electrons. The topological polar surface area (TPSA) is 50.1 Å². The third-order valence-electron chi connectivity index (χ3n) is 4.57. The minimum absolute atomic E-state index is 0.0100. The summed E-state index contributed by atoms with van der Waals surface area (Å²) in [6, 6.07) is 2.45. The summed E-state index contributed by atoms with van der Waals surface area (Å²) in [7, 11) is 0. The van der Waals surface area contributed by atoms with Gasteiger partial charge in [-0.1, -0.05) is 13.8 Å². The first kappa shape index (κ1) is 17.3. The van der Waals surface area contributed by atoms with Crippen molar-refractivity contribution in [3.8, 4) is 0 Å². The first-order valence-corrected chi connectivity index (χ1v) is 8.45. The molecule has 22 heavy (non-hydrogen) atoms. The Kier molecular flexibility index (Phi) is 5.15. The third kappa shape index (κ3) is 3.62. The van der Waals surface area contributed by atoms with Gasteiger partial charge in [-0.15, -0.1) is 0 Å². The zero-order valence-electron chi connectivity index (χ0n) is 14.4. The molecule has 5 heteroatoms. The smallest absolute Gasteiger partial charge is 0.127 e. The third-order valence-corrected chi connectivity index (χ3v) is 4.57. The Labute approximate surface area is 133 Å². The molecule has 1 heterocycles. The molecule has 2 N–H and O–H groups in total. The van der Waals surface area contributed by atoms with E-state index in [4.69, 9.17) is 5.10 Å². The van der Waals surface area contributed by atoms with Crippen molar-refractivity contribution < 1.29 is 9.50 Å². The molecule has 1 aliphatic carbocycles. The van der Waals surface area contributed by atoms with Crippen LogP contribution in [0.15, 0.2) is 6.07 Å². The Morgan fingerprint density at radius 1 is 1.36 bits per heavy atom. The molecule has 1 aromatic rings. The standard InChI is InChI=1S/C17H30FN3O/c1-6-12(7-2)19-16-10-14(20-21(16)17(3,4)5)11-8-13(18)15(22)9-11/h10-13,15,19,22H,6-9H2,1-5H3/t11-,13+,15?/m1/s1. The highest BCUT2D eigenvalue weighted by atomic mass is 19.1. The molecule has 2 rings (SSSR count). The lowest BCUT2D eigenvalue weighted by Crippen LogP contribution is -2.28. The fourth-order valence-corrected chi connectivity index (χ4v) is 3.12. The minimum atomic E-state index is -1.12. The SMILES string of the molecule is CCC(CC)Nc1cc([C@H]2CC(O)[C@@H](F)C2)nn1C(C)(C)C. The maximum absolute atomic E-state index is 13.6. The van der Waals surface area contributed by atoms with Crippen LogP contribution in [0.2, 0.25) is 0 Å². The van der Waals surface area contributed by atoms with Crippen LogP contribution < -0.4 is 5.32 Å². The maximum atomic E-state index is 13.6.